The van der Waals surface area contributed by atoms with Crippen molar-refractivity contribution in [2.45, 2.75) is 6.61 Å². The second-order valence-electron chi connectivity index (χ2n) is 3.98. The third-order valence-electron chi connectivity index (χ3n) is 2.46. The average Bonchev–Trinajstić information content (AvgIpc) is 2.87. The zero-order valence-electron chi connectivity index (χ0n) is 10.7. The molecule has 0 bridgehead atoms. The van der Waals surface area contributed by atoms with E-state index in [1.54, 1.807) is 24.3 Å². The van der Waals surface area contributed by atoms with Gasteiger partial charge in [0.2, 0.25) is 5.96 Å². The lowest BCUT2D eigenvalue weighted by atomic mass is 10.1. The maximum atomic E-state index is 8.95. The molecule has 7 N–H and O–H groups in total. The molecule has 104 valence electrons. The predicted molar refractivity (Wildman–Crippen MR) is 77.2 cm³/mol. The van der Waals surface area contributed by atoms with Crippen molar-refractivity contribution in [2.75, 3.05) is 0 Å². The van der Waals surface area contributed by atoms with E-state index in [1.807, 2.05) is 12.1 Å². The Bertz CT molecular complexity index is 639. The Morgan fingerprint density at radius 3 is 2.30 bits per heavy atom. The minimum Gasteiger partial charge on any atom is -0.459 e. The normalized spacial score (nSPS) is 11.3. The monoisotopic (exact) mass is 273 g/mol. The Morgan fingerprint density at radius 1 is 1.05 bits per heavy atom. The van der Waals surface area contributed by atoms with Crippen molar-refractivity contribution in [3.05, 3.63) is 42.2 Å². The highest BCUT2D eigenvalue weighted by molar-refractivity contribution is 5.93. The lowest BCUT2D eigenvalue weighted by molar-refractivity contribution is 0.248. The number of benzene rings is 1. The number of rotatable bonds is 3. The average molecular weight is 273 g/mol. The quantitative estimate of drug-likeness (QED) is 0.481. The number of guanidine groups is 2. The van der Waals surface area contributed by atoms with E-state index in [0.29, 0.717) is 17.2 Å². The van der Waals surface area contributed by atoms with Crippen LogP contribution in [0.3, 0.4) is 0 Å². The molecule has 0 amide bonds. The molecule has 0 unspecified atom stereocenters. The Kier molecular flexibility index (Phi) is 4.02. The molecule has 0 saturated carbocycles. The Morgan fingerprint density at radius 2 is 1.75 bits per heavy atom. The molecule has 20 heavy (non-hydrogen) atoms. The minimum atomic E-state index is -0.144. The summed E-state index contributed by atoms with van der Waals surface area (Å²) in [5.41, 5.74) is 17.4. The number of hydrogen-bond acceptors (Lipinski definition) is 3. The summed E-state index contributed by atoms with van der Waals surface area (Å²) in [6.45, 7) is -0.128. The van der Waals surface area contributed by atoms with E-state index >= 15 is 0 Å². The second kappa shape index (κ2) is 5.89. The first kappa shape index (κ1) is 13.6. The Hall–Kier alpha value is -2.80. The smallest absolute Gasteiger partial charge is 0.223 e. The van der Waals surface area contributed by atoms with Crippen LogP contribution in [0.2, 0.25) is 0 Å². The molecule has 0 atom stereocenters. The molecule has 0 aliphatic heterocycles. The standard InChI is InChI=1S/C13H15N5O2/c14-12(15)18-13(16)17-9-3-1-8(2-4-9)11-6-5-10(7-19)20-11/h1-6,19H,7H2,(H6,14,15,16,17,18). The maximum absolute atomic E-state index is 8.95. The molecule has 0 aliphatic carbocycles. The van der Waals surface area contributed by atoms with E-state index in [9.17, 15) is 0 Å². The van der Waals surface area contributed by atoms with Gasteiger partial charge in [-0.25, -0.2) is 4.99 Å². The number of hydrogen-bond donors (Lipinski definition) is 4. The fraction of sp³-hybridized carbons (Fsp3) is 0.0769. The molecule has 0 aliphatic rings. The van der Waals surface area contributed by atoms with Gasteiger partial charge in [-0.15, -0.1) is 0 Å². The van der Waals surface area contributed by atoms with Crippen LogP contribution in [-0.4, -0.2) is 17.0 Å². The van der Waals surface area contributed by atoms with Crippen LogP contribution in [0.5, 0.6) is 0 Å². The van der Waals surface area contributed by atoms with Crippen molar-refractivity contribution >= 4 is 17.6 Å². The number of aliphatic hydroxyl groups excluding tert-OH is 1. The summed E-state index contributed by atoms with van der Waals surface area (Å²) in [6.07, 6.45) is 0. The largest absolute Gasteiger partial charge is 0.459 e. The zero-order valence-corrected chi connectivity index (χ0v) is 10.7. The summed E-state index contributed by atoms with van der Waals surface area (Å²) < 4.78 is 5.43. The summed E-state index contributed by atoms with van der Waals surface area (Å²) in [5, 5.41) is 8.95. The van der Waals surface area contributed by atoms with Gasteiger partial charge in [-0.2, -0.15) is 4.99 Å². The van der Waals surface area contributed by atoms with Crippen molar-refractivity contribution < 1.29 is 9.52 Å². The van der Waals surface area contributed by atoms with Gasteiger partial charge < -0.3 is 26.7 Å². The third-order valence-corrected chi connectivity index (χ3v) is 2.46. The van der Waals surface area contributed by atoms with Gasteiger partial charge in [0.25, 0.3) is 0 Å². The van der Waals surface area contributed by atoms with Crippen LogP contribution in [0.25, 0.3) is 11.3 Å². The van der Waals surface area contributed by atoms with E-state index in [2.05, 4.69) is 9.98 Å². The van der Waals surface area contributed by atoms with Gasteiger partial charge >= 0.3 is 0 Å². The molecule has 2 rings (SSSR count). The number of aliphatic imine (C=N–C) groups is 2. The lowest BCUT2D eigenvalue weighted by Crippen LogP contribution is -2.26. The highest BCUT2D eigenvalue weighted by atomic mass is 16.4. The first-order chi connectivity index (χ1) is 9.58. The summed E-state index contributed by atoms with van der Waals surface area (Å²) in [7, 11) is 0. The van der Waals surface area contributed by atoms with Gasteiger partial charge in [-0.3, -0.25) is 0 Å². The molecule has 0 radical (unpaired) electrons. The third kappa shape index (κ3) is 3.36. The fourth-order valence-electron chi connectivity index (χ4n) is 1.61. The van der Waals surface area contributed by atoms with Crippen molar-refractivity contribution in [1.29, 1.82) is 0 Å². The summed E-state index contributed by atoms with van der Waals surface area (Å²) in [5.74, 6) is 1.02. The highest BCUT2D eigenvalue weighted by Gasteiger charge is 2.04. The molecule has 0 saturated heterocycles. The molecule has 7 heteroatoms. The van der Waals surface area contributed by atoms with E-state index in [0.717, 1.165) is 5.56 Å². The Balaban J connectivity index is 2.20. The molecule has 1 heterocycles. The molecular weight excluding hydrogens is 258 g/mol. The van der Waals surface area contributed by atoms with E-state index < -0.39 is 0 Å². The topological polar surface area (TPSA) is 136 Å². The van der Waals surface area contributed by atoms with E-state index in [-0.39, 0.29) is 18.5 Å². The lowest BCUT2D eigenvalue weighted by Gasteiger charge is -1.99. The van der Waals surface area contributed by atoms with Crippen LogP contribution in [0.4, 0.5) is 5.69 Å². The molecule has 1 aromatic carbocycles. The first-order valence-electron chi connectivity index (χ1n) is 5.82. The number of nitrogens with two attached hydrogens (primary N) is 3. The van der Waals surface area contributed by atoms with Gasteiger partial charge in [0.05, 0.1) is 5.69 Å². The van der Waals surface area contributed by atoms with Gasteiger partial charge in [0.1, 0.15) is 18.1 Å². The van der Waals surface area contributed by atoms with Gasteiger partial charge in [-0.1, -0.05) is 0 Å². The van der Waals surface area contributed by atoms with Crippen molar-refractivity contribution in [2.24, 2.45) is 27.2 Å². The number of nitrogens with zero attached hydrogens (tertiary/aromatic N) is 2. The number of aliphatic hydroxyl groups is 1. The van der Waals surface area contributed by atoms with Crippen LogP contribution < -0.4 is 17.2 Å². The van der Waals surface area contributed by atoms with Crippen LogP contribution in [0.1, 0.15) is 5.76 Å². The van der Waals surface area contributed by atoms with E-state index in [4.69, 9.17) is 26.7 Å². The minimum absolute atomic E-state index is 0.0154. The van der Waals surface area contributed by atoms with Crippen molar-refractivity contribution in [1.82, 2.24) is 0 Å². The fourth-order valence-corrected chi connectivity index (χ4v) is 1.61. The highest BCUT2D eigenvalue weighted by Crippen LogP contribution is 2.24. The van der Waals surface area contributed by atoms with Gasteiger partial charge in [0, 0.05) is 5.56 Å². The van der Waals surface area contributed by atoms with Crippen molar-refractivity contribution in [3.8, 4) is 11.3 Å². The second-order valence-corrected chi connectivity index (χ2v) is 3.98. The first-order valence-corrected chi connectivity index (χ1v) is 5.82. The van der Waals surface area contributed by atoms with Crippen LogP contribution >= 0.6 is 0 Å². The zero-order chi connectivity index (χ0) is 14.5. The van der Waals surface area contributed by atoms with Crippen LogP contribution in [-0.2, 0) is 6.61 Å². The van der Waals surface area contributed by atoms with Crippen molar-refractivity contribution in [3.63, 3.8) is 0 Å². The van der Waals surface area contributed by atoms with Crippen LogP contribution in [0, 0.1) is 0 Å². The molecule has 1 aromatic heterocycles. The number of furan rings is 1. The Labute approximate surface area is 115 Å². The summed E-state index contributed by atoms with van der Waals surface area (Å²) in [6, 6.07) is 10.7. The molecule has 2 aromatic rings. The molecule has 0 spiro atoms. The molecule has 7 nitrogen and oxygen atoms in total. The molecular formula is C13H15N5O2. The van der Waals surface area contributed by atoms with Gasteiger partial charge in [-0.05, 0) is 36.4 Å². The predicted octanol–water partition coefficient (Wildman–Crippen LogP) is 0.659. The molecule has 0 fully saturated rings. The summed E-state index contributed by atoms with van der Waals surface area (Å²) >= 11 is 0. The summed E-state index contributed by atoms with van der Waals surface area (Å²) in [4.78, 5) is 7.65. The SMILES string of the molecule is NC(N)=NC(N)=Nc1ccc(-c2ccc(CO)o2)cc1. The van der Waals surface area contributed by atoms with Gasteiger partial charge in [0.15, 0.2) is 5.96 Å². The van der Waals surface area contributed by atoms with Crippen LogP contribution in [0.15, 0.2) is 50.8 Å². The maximum Gasteiger partial charge on any atom is 0.223 e. The van der Waals surface area contributed by atoms with E-state index in [1.165, 1.54) is 0 Å².